The molecule has 0 unspecified atom stereocenters. The van der Waals surface area contributed by atoms with Crippen molar-refractivity contribution in [3.05, 3.63) is 76.5 Å². The lowest BCUT2D eigenvalue weighted by molar-refractivity contribution is -0.0506. The second-order valence-electron chi connectivity index (χ2n) is 5.60. The Balaban J connectivity index is 1.81. The van der Waals surface area contributed by atoms with Crippen LogP contribution in [0.5, 0.6) is 5.75 Å². The molecule has 0 saturated carbocycles. The van der Waals surface area contributed by atoms with Crippen molar-refractivity contribution in [3.63, 3.8) is 0 Å². The average molecular weight is 419 g/mol. The van der Waals surface area contributed by atoms with E-state index in [-0.39, 0.29) is 5.75 Å². The molecule has 0 amide bonds. The van der Waals surface area contributed by atoms with Crippen molar-refractivity contribution in [2.45, 2.75) is 12.7 Å². The second-order valence-corrected chi connectivity index (χ2v) is 6.52. The molecule has 2 heterocycles. The van der Waals surface area contributed by atoms with Crippen molar-refractivity contribution in [1.29, 1.82) is 0 Å². The zero-order valence-corrected chi connectivity index (χ0v) is 14.9. The van der Waals surface area contributed by atoms with Gasteiger partial charge in [0.25, 0.3) is 0 Å². The highest BCUT2D eigenvalue weighted by Gasteiger charge is 2.26. The molecule has 1 N–H and O–H groups in total. The number of hydrogen-bond donors (Lipinski definition) is 1. The maximum Gasteiger partial charge on any atom is 0.387 e. The van der Waals surface area contributed by atoms with Gasteiger partial charge in [-0.05, 0) is 29.8 Å². The molecule has 3 aromatic rings. The maximum atomic E-state index is 12.8. The van der Waals surface area contributed by atoms with Crippen LogP contribution in [0, 0.1) is 0 Å². The highest BCUT2D eigenvalue weighted by Crippen LogP contribution is 2.36. The van der Waals surface area contributed by atoms with Crippen LogP contribution in [0.3, 0.4) is 0 Å². The summed E-state index contributed by atoms with van der Waals surface area (Å²) < 4.78 is 32.9. The van der Waals surface area contributed by atoms with Gasteiger partial charge in [-0.2, -0.15) is 18.9 Å². The van der Waals surface area contributed by atoms with Gasteiger partial charge in [0.1, 0.15) is 18.1 Å². The number of alkyl halides is 2. The van der Waals surface area contributed by atoms with E-state index < -0.39 is 12.7 Å². The normalized spacial score (nSPS) is 16.0. The van der Waals surface area contributed by atoms with Gasteiger partial charge in [0.2, 0.25) is 5.95 Å². The summed E-state index contributed by atoms with van der Waals surface area (Å²) >= 11 is 3.42. The number of rotatable bonds is 4. The maximum absolute atomic E-state index is 12.8. The third-order valence-electron chi connectivity index (χ3n) is 4.02. The van der Waals surface area contributed by atoms with Crippen molar-refractivity contribution in [2.75, 3.05) is 5.32 Å². The van der Waals surface area contributed by atoms with Crippen molar-refractivity contribution >= 4 is 27.6 Å². The first-order valence-corrected chi connectivity index (χ1v) is 8.59. The minimum absolute atomic E-state index is 0.113. The van der Waals surface area contributed by atoms with Crippen molar-refractivity contribution in [1.82, 2.24) is 14.8 Å². The number of allylic oxidation sites excluding steroid dienone is 1. The molecule has 1 aliphatic rings. The summed E-state index contributed by atoms with van der Waals surface area (Å²) in [5.41, 5.74) is 2.34. The Hall–Kier alpha value is -2.74. The standard InChI is InChI=1S/C18H13BrF2N4O/c19-12-7-5-11(6-8-12)14-9-15(25-18(24-14)22-10-23-25)13-3-1-2-4-16(13)26-17(20)21/h1-10,15,17H,(H,22,23,24)/t15-/m1/s1. The third kappa shape index (κ3) is 3.20. The van der Waals surface area contributed by atoms with E-state index in [1.165, 1.54) is 12.4 Å². The summed E-state index contributed by atoms with van der Waals surface area (Å²) in [4.78, 5) is 4.22. The zero-order chi connectivity index (χ0) is 18.1. The van der Waals surface area contributed by atoms with Gasteiger partial charge in [-0.1, -0.05) is 46.3 Å². The highest BCUT2D eigenvalue weighted by atomic mass is 79.9. The van der Waals surface area contributed by atoms with Crippen LogP contribution in [-0.4, -0.2) is 21.4 Å². The Morgan fingerprint density at radius 2 is 1.88 bits per heavy atom. The fraction of sp³-hybridized carbons (Fsp3) is 0.111. The van der Waals surface area contributed by atoms with Gasteiger partial charge in [-0.3, -0.25) is 0 Å². The Bertz CT molecular complexity index is 956. The van der Waals surface area contributed by atoms with Gasteiger partial charge in [0.05, 0.1) is 0 Å². The van der Waals surface area contributed by atoms with Crippen molar-refractivity contribution in [3.8, 4) is 5.75 Å². The van der Waals surface area contributed by atoms with Crippen LogP contribution >= 0.6 is 15.9 Å². The molecule has 26 heavy (non-hydrogen) atoms. The molecule has 132 valence electrons. The molecule has 0 bridgehead atoms. The molecule has 0 radical (unpaired) electrons. The van der Waals surface area contributed by atoms with Gasteiger partial charge in [0.15, 0.2) is 0 Å². The number of nitrogens with one attached hydrogen (secondary N) is 1. The lowest BCUT2D eigenvalue weighted by Crippen LogP contribution is -2.21. The third-order valence-corrected chi connectivity index (χ3v) is 4.55. The molecule has 2 aromatic carbocycles. The summed E-state index contributed by atoms with van der Waals surface area (Å²) in [5, 5.41) is 7.44. The van der Waals surface area contributed by atoms with Crippen LogP contribution in [0.2, 0.25) is 0 Å². The number of aromatic nitrogens is 3. The van der Waals surface area contributed by atoms with E-state index in [1.807, 2.05) is 30.3 Å². The minimum atomic E-state index is -2.90. The lowest BCUT2D eigenvalue weighted by Gasteiger charge is -2.25. The second kappa shape index (κ2) is 6.87. The van der Waals surface area contributed by atoms with Gasteiger partial charge in [0, 0.05) is 15.7 Å². The lowest BCUT2D eigenvalue weighted by atomic mass is 10.0. The monoisotopic (exact) mass is 418 g/mol. The molecule has 0 aliphatic carbocycles. The molecule has 5 nitrogen and oxygen atoms in total. The fourth-order valence-corrected chi connectivity index (χ4v) is 3.15. The first-order chi connectivity index (χ1) is 12.6. The quantitative estimate of drug-likeness (QED) is 0.667. The Morgan fingerprint density at radius 1 is 1.12 bits per heavy atom. The van der Waals surface area contributed by atoms with Crippen LogP contribution in [0.15, 0.2) is 65.4 Å². The molecule has 1 aliphatic heterocycles. The van der Waals surface area contributed by atoms with E-state index >= 15 is 0 Å². The van der Waals surface area contributed by atoms with Crippen LogP contribution < -0.4 is 10.1 Å². The van der Waals surface area contributed by atoms with Crippen molar-refractivity contribution in [2.24, 2.45) is 0 Å². The van der Waals surface area contributed by atoms with Gasteiger partial charge in [-0.15, -0.1) is 0 Å². The van der Waals surface area contributed by atoms with Gasteiger partial charge < -0.3 is 10.1 Å². The number of benzene rings is 2. The van der Waals surface area contributed by atoms with Gasteiger partial charge in [-0.25, -0.2) is 4.68 Å². The highest BCUT2D eigenvalue weighted by molar-refractivity contribution is 9.10. The number of fused-ring (bicyclic) bond motifs is 1. The summed E-state index contributed by atoms with van der Waals surface area (Å²) in [6, 6.07) is 14.0. The average Bonchev–Trinajstić information content (AvgIpc) is 3.10. The van der Waals surface area contributed by atoms with Gasteiger partial charge >= 0.3 is 6.61 Å². The number of ether oxygens (including phenoxy) is 1. The fourth-order valence-electron chi connectivity index (χ4n) is 2.88. The van der Waals surface area contributed by atoms with E-state index in [0.717, 1.165) is 15.7 Å². The Kier molecular flexibility index (Phi) is 4.42. The number of hydrogen-bond acceptors (Lipinski definition) is 4. The van der Waals surface area contributed by atoms with Crippen molar-refractivity contribution < 1.29 is 13.5 Å². The largest absolute Gasteiger partial charge is 0.434 e. The zero-order valence-electron chi connectivity index (χ0n) is 13.3. The topological polar surface area (TPSA) is 52.0 Å². The summed E-state index contributed by atoms with van der Waals surface area (Å²) in [6.45, 7) is -2.90. The molecule has 1 aromatic heterocycles. The van der Waals surface area contributed by atoms with E-state index in [4.69, 9.17) is 4.74 Å². The number of anilines is 1. The molecule has 0 saturated heterocycles. The Labute approximate surface area is 156 Å². The SMILES string of the molecule is FC(F)Oc1ccccc1[C@H]1C=C(c2ccc(Br)cc2)Nc2ncnn21. The van der Waals surface area contributed by atoms with Crippen LogP contribution in [-0.2, 0) is 0 Å². The molecule has 0 spiro atoms. The van der Waals surface area contributed by atoms with E-state index in [1.54, 1.807) is 22.9 Å². The van der Waals surface area contributed by atoms with E-state index in [2.05, 4.69) is 31.3 Å². The minimum Gasteiger partial charge on any atom is -0.434 e. The van der Waals surface area contributed by atoms with Crippen LogP contribution in [0.1, 0.15) is 17.2 Å². The van der Waals surface area contributed by atoms with E-state index in [0.29, 0.717) is 11.5 Å². The molecule has 8 heteroatoms. The summed E-state index contributed by atoms with van der Waals surface area (Å²) in [7, 11) is 0. The molecule has 0 fully saturated rings. The number of halogens is 3. The van der Waals surface area contributed by atoms with Crippen LogP contribution in [0.25, 0.3) is 5.70 Å². The molecule has 4 rings (SSSR count). The van der Waals surface area contributed by atoms with E-state index in [9.17, 15) is 8.78 Å². The Morgan fingerprint density at radius 3 is 2.65 bits per heavy atom. The molecular weight excluding hydrogens is 406 g/mol. The summed E-state index contributed by atoms with van der Waals surface area (Å²) in [5.74, 6) is 0.643. The number of para-hydroxylation sites is 1. The smallest absolute Gasteiger partial charge is 0.387 e. The molecule has 1 atom stereocenters. The first-order valence-electron chi connectivity index (χ1n) is 7.80. The predicted octanol–water partition coefficient (Wildman–Crippen LogP) is 4.70. The summed E-state index contributed by atoms with van der Waals surface area (Å²) in [6.07, 6.45) is 3.34. The number of nitrogens with zero attached hydrogens (tertiary/aromatic N) is 3. The predicted molar refractivity (Wildman–Crippen MR) is 97.0 cm³/mol. The van der Waals surface area contributed by atoms with Crippen LogP contribution in [0.4, 0.5) is 14.7 Å². The first kappa shape index (κ1) is 16.7. The molecular formula is C18H13BrF2N4O.